The fourth-order valence-electron chi connectivity index (χ4n) is 3.77. The first kappa shape index (κ1) is 18.8. The van der Waals surface area contributed by atoms with E-state index in [4.69, 9.17) is 28.0 Å². The Balaban J connectivity index is 1.73. The van der Waals surface area contributed by atoms with Crippen LogP contribution in [0.3, 0.4) is 0 Å². The van der Waals surface area contributed by atoms with E-state index < -0.39 is 12.3 Å². The fraction of sp³-hybridized carbons (Fsp3) is 0.0417. The van der Waals surface area contributed by atoms with Gasteiger partial charge in [-0.25, -0.2) is 9.69 Å². The number of rotatable bonds is 3. The molecule has 0 saturated carbocycles. The van der Waals surface area contributed by atoms with E-state index in [0.29, 0.717) is 15.7 Å². The maximum atomic E-state index is 13.1. The lowest BCUT2D eigenvalue weighted by atomic mass is 10.0. The van der Waals surface area contributed by atoms with Gasteiger partial charge in [0.2, 0.25) is 0 Å². The molecule has 4 aromatic rings. The molecule has 1 fully saturated rings. The first-order valence-electron chi connectivity index (χ1n) is 9.41. The smallest absolute Gasteiger partial charge is 0.319 e. The van der Waals surface area contributed by atoms with Crippen LogP contribution < -0.4 is 9.96 Å². The van der Waals surface area contributed by atoms with Crippen LogP contribution in [0.5, 0.6) is 0 Å². The minimum Gasteiger partial charge on any atom is -0.319 e. The Bertz CT molecular complexity index is 1240. The van der Waals surface area contributed by atoms with E-state index in [1.54, 1.807) is 28.2 Å². The minimum atomic E-state index is -0.525. The van der Waals surface area contributed by atoms with Gasteiger partial charge in [-0.2, -0.15) is 5.06 Å². The minimum absolute atomic E-state index is 0.372. The van der Waals surface area contributed by atoms with Crippen LogP contribution in [0.15, 0.2) is 91.0 Å². The van der Waals surface area contributed by atoms with Crippen molar-refractivity contribution in [3.63, 3.8) is 0 Å². The van der Waals surface area contributed by atoms with E-state index in [2.05, 4.69) is 0 Å². The number of fused-ring (bicyclic) bond motifs is 1. The van der Waals surface area contributed by atoms with Gasteiger partial charge in [0.1, 0.15) is 0 Å². The molecular formula is C24H16Cl2N2O2. The monoisotopic (exact) mass is 434 g/mol. The van der Waals surface area contributed by atoms with Crippen LogP contribution >= 0.6 is 23.2 Å². The van der Waals surface area contributed by atoms with Gasteiger partial charge in [-0.1, -0.05) is 83.9 Å². The van der Waals surface area contributed by atoms with E-state index in [-0.39, 0.29) is 0 Å². The Kier molecular flexibility index (Phi) is 4.74. The zero-order valence-corrected chi connectivity index (χ0v) is 17.2. The van der Waals surface area contributed by atoms with E-state index in [1.165, 1.54) is 0 Å². The molecule has 1 aliphatic rings. The first-order chi connectivity index (χ1) is 14.6. The van der Waals surface area contributed by atoms with Gasteiger partial charge in [-0.3, -0.25) is 0 Å². The fourth-order valence-corrected chi connectivity index (χ4v) is 4.07. The summed E-state index contributed by atoms with van der Waals surface area (Å²) in [6.45, 7) is 0. The van der Waals surface area contributed by atoms with E-state index in [0.717, 1.165) is 22.0 Å². The molecule has 6 heteroatoms. The third-order valence-corrected chi connectivity index (χ3v) is 5.87. The molecule has 0 radical (unpaired) electrons. The number of halogens is 2. The summed E-state index contributed by atoms with van der Waals surface area (Å²) in [7, 11) is 0. The number of hydrogen-bond acceptors (Lipinski definition) is 3. The number of amides is 1. The highest BCUT2D eigenvalue weighted by atomic mass is 35.5. The maximum Gasteiger partial charge on any atom is 0.440 e. The number of carbonyl (C=O) groups excluding carboxylic acids is 1. The molecule has 0 bridgehead atoms. The van der Waals surface area contributed by atoms with Crippen molar-refractivity contribution in [2.75, 3.05) is 9.96 Å². The number of hydroxylamine groups is 1. The molecule has 0 N–H and O–H groups in total. The van der Waals surface area contributed by atoms with Crippen molar-refractivity contribution in [3.8, 4) is 0 Å². The van der Waals surface area contributed by atoms with Gasteiger partial charge in [0.05, 0.1) is 21.4 Å². The summed E-state index contributed by atoms with van der Waals surface area (Å²) in [5.41, 5.74) is 2.31. The second-order valence-electron chi connectivity index (χ2n) is 6.93. The standard InChI is InChI=1S/C24H16Cl2N2O2/c25-21-14-13-18(15-22(21)26)27-23(20-12-6-8-16-7-4-5-11-19(16)20)28(30-24(27)29)17-9-2-1-3-10-17/h1-15,23H/t23-/m1/s1. The number of nitrogens with zero attached hydrogens (tertiary/aromatic N) is 2. The lowest BCUT2D eigenvalue weighted by Crippen LogP contribution is -2.32. The molecule has 0 aliphatic carbocycles. The van der Waals surface area contributed by atoms with E-state index in [9.17, 15) is 4.79 Å². The maximum absolute atomic E-state index is 13.1. The van der Waals surface area contributed by atoms with Crippen molar-refractivity contribution >= 4 is 51.4 Å². The molecule has 1 atom stereocenters. The van der Waals surface area contributed by atoms with Crippen molar-refractivity contribution in [1.82, 2.24) is 0 Å². The van der Waals surface area contributed by atoms with Crippen molar-refractivity contribution in [3.05, 3.63) is 107 Å². The van der Waals surface area contributed by atoms with Crippen molar-refractivity contribution in [2.45, 2.75) is 6.17 Å². The predicted octanol–water partition coefficient (Wildman–Crippen LogP) is 7.22. The molecule has 1 heterocycles. The van der Waals surface area contributed by atoms with E-state index in [1.807, 2.05) is 72.8 Å². The Hall–Kier alpha value is -3.21. The number of hydrogen-bond donors (Lipinski definition) is 0. The molecule has 0 unspecified atom stereocenters. The number of anilines is 2. The van der Waals surface area contributed by atoms with Crippen LogP contribution in [-0.4, -0.2) is 6.09 Å². The Labute approximate surface area is 183 Å². The average molecular weight is 435 g/mol. The van der Waals surface area contributed by atoms with Gasteiger partial charge in [0, 0.05) is 5.56 Å². The van der Waals surface area contributed by atoms with Gasteiger partial charge < -0.3 is 4.84 Å². The summed E-state index contributed by atoms with van der Waals surface area (Å²) in [5, 5.41) is 4.55. The van der Waals surface area contributed by atoms with E-state index >= 15 is 0 Å². The number of benzene rings is 4. The second kappa shape index (κ2) is 7.56. The molecule has 4 nitrogen and oxygen atoms in total. The molecule has 148 valence electrons. The zero-order chi connectivity index (χ0) is 20.7. The third-order valence-electron chi connectivity index (χ3n) is 5.13. The summed E-state index contributed by atoms with van der Waals surface area (Å²) >= 11 is 12.4. The highest BCUT2D eigenvalue weighted by molar-refractivity contribution is 6.42. The largest absolute Gasteiger partial charge is 0.440 e. The third kappa shape index (κ3) is 3.15. The molecule has 5 rings (SSSR count). The van der Waals surface area contributed by atoms with Crippen molar-refractivity contribution in [1.29, 1.82) is 0 Å². The first-order valence-corrected chi connectivity index (χ1v) is 10.2. The summed E-state index contributed by atoms with van der Waals surface area (Å²) < 4.78 is 0. The molecule has 4 aromatic carbocycles. The van der Waals surface area contributed by atoms with Crippen molar-refractivity contribution < 1.29 is 9.63 Å². The topological polar surface area (TPSA) is 32.8 Å². The van der Waals surface area contributed by atoms with Gasteiger partial charge in [0.15, 0.2) is 6.17 Å². The number of para-hydroxylation sites is 1. The van der Waals surface area contributed by atoms with Crippen LogP contribution in [0.1, 0.15) is 11.7 Å². The highest BCUT2D eigenvalue weighted by Gasteiger charge is 2.43. The molecule has 30 heavy (non-hydrogen) atoms. The summed E-state index contributed by atoms with van der Waals surface area (Å²) in [6, 6.07) is 28.8. The summed E-state index contributed by atoms with van der Waals surface area (Å²) in [5.74, 6) is 0. The second-order valence-corrected chi connectivity index (χ2v) is 7.74. The van der Waals surface area contributed by atoms with Crippen LogP contribution in [0.25, 0.3) is 10.8 Å². The molecular weight excluding hydrogens is 419 g/mol. The van der Waals surface area contributed by atoms with Crippen LogP contribution in [-0.2, 0) is 4.84 Å². The van der Waals surface area contributed by atoms with Crippen LogP contribution in [0.2, 0.25) is 10.0 Å². The molecule has 1 saturated heterocycles. The molecule has 1 aliphatic heterocycles. The lowest BCUT2D eigenvalue weighted by molar-refractivity contribution is 0.164. The van der Waals surface area contributed by atoms with Gasteiger partial charge in [-0.15, -0.1) is 0 Å². The summed E-state index contributed by atoms with van der Waals surface area (Å²) in [4.78, 5) is 20.4. The Morgan fingerprint density at radius 2 is 1.47 bits per heavy atom. The van der Waals surface area contributed by atoms with Gasteiger partial charge >= 0.3 is 6.09 Å². The molecule has 0 spiro atoms. The Morgan fingerprint density at radius 1 is 0.733 bits per heavy atom. The Morgan fingerprint density at radius 3 is 2.27 bits per heavy atom. The zero-order valence-electron chi connectivity index (χ0n) is 15.7. The number of carbonyl (C=O) groups is 1. The quantitative estimate of drug-likeness (QED) is 0.341. The SMILES string of the molecule is O=C1ON(c2ccccc2)[C@H](c2cccc3ccccc23)N1c1ccc(Cl)c(Cl)c1. The van der Waals surface area contributed by atoms with Crippen LogP contribution in [0, 0.1) is 0 Å². The normalized spacial score (nSPS) is 16.2. The summed E-state index contributed by atoms with van der Waals surface area (Å²) in [6.07, 6.45) is -1.02. The molecule has 0 aromatic heterocycles. The average Bonchev–Trinajstić information content (AvgIpc) is 3.13. The molecule has 1 amide bonds. The van der Waals surface area contributed by atoms with Crippen molar-refractivity contribution in [2.24, 2.45) is 0 Å². The van der Waals surface area contributed by atoms with Gasteiger partial charge in [0.25, 0.3) is 0 Å². The highest BCUT2D eigenvalue weighted by Crippen LogP contribution is 2.42. The lowest BCUT2D eigenvalue weighted by Gasteiger charge is -2.28. The van der Waals surface area contributed by atoms with Crippen LogP contribution in [0.4, 0.5) is 16.2 Å². The van der Waals surface area contributed by atoms with Gasteiger partial charge in [-0.05, 0) is 41.1 Å². The predicted molar refractivity (Wildman–Crippen MR) is 121 cm³/mol.